The summed E-state index contributed by atoms with van der Waals surface area (Å²) in [5.74, 6) is 0.640. The Kier molecular flexibility index (Phi) is 6.40. The Morgan fingerprint density at radius 1 is 1.43 bits per heavy atom. The Balaban J connectivity index is 3.99. The fourth-order valence-corrected chi connectivity index (χ4v) is 1.38. The normalized spacial score (nSPS) is 14.1. The van der Waals surface area contributed by atoms with Gasteiger partial charge in [-0.2, -0.15) is 12.6 Å². The van der Waals surface area contributed by atoms with Gasteiger partial charge in [0.15, 0.2) is 5.78 Å². The van der Waals surface area contributed by atoms with Crippen LogP contribution in [0.4, 0.5) is 0 Å². The van der Waals surface area contributed by atoms with E-state index >= 15 is 0 Å². The first-order chi connectivity index (χ1) is 6.45. The zero-order valence-electron chi connectivity index (χ0n) is 9.12. The number of nitrogens with two attached hydrogens (primary N) is 2. The molecule has 0 aromatic rings. The molecule has 0 aromatic carbocycles. The lowest BCUT2D eigenvalue weighted by molar-refractivity contribution is -0.127. The molecule has 0 radical (unpaired) electrons. The van der Waals surface area contributed by atoms with Crippen molar-refractivity contribution in [2.75, 3.05) is 12.3 Å². The summed E-state index contributed by atoms with van der Waals surface area (Å²) >= 11 is 4.15. The number of carbonyl (C=O) groups excluding carboxylic acids is 1. The first-order valence-corrected chi connectivity index (χ1v) is 5.69. The minimum atomic E-state index is -0.411. The van der Waals surface area contributed by atoms with Gasteiger partial charge in [-0.1, -0.05) is 20.3 Å². The van der Waals surface area contributed by atoms with E-state index < -0.39 is 5.41 Å². The average Bonchev–Trinajstić information content (AvgIpc) is 2.17. The van der Waals surface area contributed by atoms with Crippen LogP contribution in [0.25, 0.3) is 0 Å². The third-order valence-corrected chi connectivity index (χ3v) is 3.16. The second-order valence-electron chi connectivity index (χ2n) is 4.30. The molecular weight excluding hydrogens is 196 g/mol. The molecule has 14 heavy (non-hydrogen) atoms. The Morgan fingerprint density at radius 3 is 2.43 bits per heavy atom. The van der Waals surface area contributed by atoms with Gasteiger partial charge in [0.1, 0.15) is 0 Å². The summed E-state index contributed by atoms with van der Waals surface area (Å²) in [6.45, 7) is 4.42. The quantitative estimate of drug-likeness (QED) is 0.440. The van der Waals surface area contributed by atoms with Crippen LogP contribution in [0.1, 0.15) is 33.1 Å². The summed E-state index contributed by atoms with van der Waals surface area (Å²) in [5.41, 5.74) is 10.7. The van der Waals surface area contributed by atoms with E-state index in [4.69, 9.17) is 11.5 Å². The van der Waals surface area contributed by atoms with Gasteiger partial charge in [0.25, 0.3) is 0 Å². The molecule has 4 heteroatoms. The molecule has 0 amide bonds. The minimum absolute atomic E-state index is 0.101. The van der Waals surface area contributed by atoms with E-state index in [2.05, 4.69) is 12.6 Å². The maximum Gasteiger partial charge on any atom is 0.155 e. The van der Waals surface area contributed by atoms with Crippen molar-refractivity contribution >= 4 is 18.4 Å². The first-order valence-electron chi connectivity index (χ1n) is 5.06. The van der Waals surface area contributed by atoms with Crippen molar-refractivity contribution in [3.05, 3.63) is 0 Å². The molecule has 0 aliphatic heterocycles. The predicted octanol–water partition coefficient (Wildman–Crippen LogP) is 0.968. The van der Waals surface area contributed by atoms with Gasteiger partial charge in [0.05, 0.1) is 6.04 Å². The molecule has 84 valence electrons. The smallest absolute Gasteiger partial charge is 0.155 e. The molecule has 0 fully saturated rings. The van der Waals surface area contributed by atoms with Gasteiger partial charge in [-0.25, -0.2) is 0 Å². The number of hydrogen-bond donors (Lipinski definition) is 3. The molecule has 0 rings (SSSR count). The first kappa shape index (κ1) is 13.9. The monoisotopic (exact) mass is 218 g/mol. The standard InChI is InChI=1S/C10H22N2OS/c1-10(2,7-14)9(13)8(12)5-3-4-6-11/h8,14H,3-7,11-12H2,1-2H3/t8-/m0/s1. The van der Waals surface area contributed by atoms with E-state index in [0.29, 0.717) is 12.3 Å². The number of ketones is 1. The van der Waals surface area contributed by atoms with Crippen LogP contribution in [-0.4, -0.2) is 24.1 Å². The maximum absolute atomic E-state index is 11.8. The van der Waals surface area contributed by atoms with Crippen LogP contribution in [0.15, 0.2) is 0 Å². The number of unbranched alkanes of at least 4 members (excludes halogenated alkanes) is 1. The van der Waals surface area contributed by atoms with Gasteiger partial charge in [0.2, 0.25) is 0 Å². The van der Waals surface area contributed by atoms with E-state index in [9.17, 15) is 4.79 Å². The molecular formula is C10H22N2OS. The highest BCUT2D eigenvalue weighted by atomic mass is 32.1. The molecule has 0 unspecified atom stereocenters. The van der Waals surface area contributed by atoms with E-state index in [1.165, 1.54) is 0 Å². The summed E-state index contributed by atoms with van der Waals surface area (Å²) < 4.78 is 0. The lowest BCUT2D eigenvalue weighted by Crippen LogP contribution is -2.41. The van der Waals surface area contributed by atoms with E-state index in [0.717, 1.165) is 19.3 Å². The van der Waals surface area contributed by atoms with E-state index in [-0.39, 0.29) is 11.8 Å². The molecule has 0 saturated carbocycles. The van der Waals surface area contributed by atoms with Crippen molar-refractivity contribution in [2.45, 2.75) is 39.2 Å². The highest BCUT2D eigenvalue weighted by Gasteiger charge is 2.29. The van der Waals surface area contributed by atoms with E-state index in [1.807, 2.05) is 13.8 Å². The molecule has 0 aromatic heterocycles. The Hall–Kier alpha value is -0.0600. The molecule has 3 nitrogen and oxygen atoms in total. The summed E-state index contributed by atoms with van der Waals surface area (Å²) in [4.78, 5) is 11.8. The van der Waals surface area contributed by atoms with Crippen LogP contribution in [0.2, 0.25) is 0 Å². The zero-order chi connectivity index (χ0) is 11.2. The lowest BCUT2D eigenvalue weighted by atomic mass is 9.85. The summed E-state index contributed by atoms with van der Waals surface area (Å²) in [6, 6.07) is -0.358. The number of carbonyl (C=O) groups is 1. The van der Waals surface area contributed by atoms with Crippen LogP contribution in [0.5, 0.6) is 0 Å². The van der Waals surface area contributed by atoms with Crippen LogP contribution in [0, 0.1) is 5.41 Å². The largest absolute Gasteiger partial charge is 0.330 e. The summed E-state index contributed by atoms with van der Waals surface area (Å²) in [5, 5.41) is 0. The zero-order valence-corrected chi connectivity index (χ0v) is 10.0. The number of rotatable bonds is 7. The van der Waals surface area contributed by atoms with Crippen molar-refractivity contribution in [3.8, 4) is 0 Å². The molecule has 4 N–H and O–H groups in total. The summed E-state index contributed by atoms with van der Waals surface area (Å²) in [6.07, 6.45) is 2.58. The number of Topliss-reactive ketones (excluding diaryl/α,β-unsaturated/α-hetero) is 1. The molecule has 0 aliphatic carbocycles. The van der Waals surface area contributed by atoms with Gasteiger partial charge in [0, 0.05) is 11.2 Å². The molecule has 0 saturated heterocycles. The van der Waals surface area contributed by atoms with Crippen LogP contribution in [-0.2, 0) is 4.79 Å². The fraction of sp³-hybridized carbons (Fsp3) is 0.900. The van der Waals surface area contributed by atoms with Crippen LogP contribution >= 0.6 is 12.6 Å². The van der Waals surface area contributed by atoms with Crippen LogP contribution in [0.3, 0.4) is 0 Å². The Morgan fingerprint density at radius 2 is 2.00 bits per heavy atom. The SMILES string of the molecule is CC(C)(CS)C(=O)[C@@H](N)CCCCN. The molecule has 0 aliphatic rings. The molecule has 0 heterocycles. The highest BCUT2D eigenvalue weighted by Crippen LogP contribution is 2.20. The van der Waals surface area contributed by atoms with E-state index in [1.54, 1.807) is 0 Å². The highest BCUT2D eigenvalue weighted by molar-refractivity contribution is 7.80. The third-order valence-electron chi connectivity index (χ3n) is 2.37. The Labute approximate surface area is 92.0 Å². The van der Waals surface area contributed by atoms with Crippen molar-refractivity contribution in [2.24, 2.45) is 16.9 Å². The van der Waals surface area contributed by atoms with Gasteiger partial charge in [-0.15, -0.1) is 0 Å². The molecule has 0 bridgehead atoms. The van der Waals surface area contributed by atoms with Crippen molar-refractivity contribution < 1.29 is 4.79 Å². The Bertz CT molecular complexity index is 183. The predicted molar refractivity (Wildman–Crippen MR) is 63.5 cm³/mol. The fourth-order valence-electron chi connectivity index (χ4n) is 1.22. The van der Waals surface area contributed by atoms with Crippen molar-refractivity contribution in [1.82, 2.24) is 0 Å². The molecule has 0 spiro atoms. The lowest BCUT2D eigenvalue weighted by Gasteiger charge is -2.24. The van der Waals surface area contributed by atoms with Gasteiger partial charge in [-0.05, 0) is 19.4 Å². The van der Waals surface area contributed by atoms with Gasteiger partial charge >= 0.3 is 0 Å². The van der Waals surface area contributed by atoms with Crippen molar-refractivity contribution in [1.29, 1.82) is 0 Å². The maximum atomic E-state index is 11.8. The number of thiol groups is 1. The second kappa shape index (κ2) is 6.43. The van der Waals surface area contributed by atoms with Gasteiger partial charge in [-0.3, -0.25) is 4.79 Å². The third kappa shape index (κ3) is 4.44. The van der Waals surface area contributed by atoms with Crippen molar-refractivity contribution in [3.63, 3.8) is 0 Å². The number of hydrogen-bond acceptors (Lipinski definition) is 4. The van der Waals surface area contributed by atoms with Gasteiger partial charge < -0.3 is 11.5 Å². The second-order valence-corrected chi connectivity index (χ2v) is 4.61. The minimum Gasteiger partial charge on any atom is -0.330 e. The average molecular weight is 218 g/mol. The topological polar surface area (TPSA) is 69.1 Å². The van der Waals surface area contributed by atoms with Crippen LogP contribution < -0.4 is 11.5 Å². The summed E-state index contributed by atoms with van der Waals surface area (Å²) in [7, 11) is 0. The molecule has 1 atom stereocenters.